The Balaban J connectivity index is 2.28. The standard InChI is InChI=1S/C16H16BrClFN/c1-10-7-11(3-5-14(10)17)16(20-2)9-12-8-13(18)4-6-15(12)19/h3-8,16,20H,9H2,1-2H3. The van der Waals surface area contributed by atoms with Gasteiger partial charge in [-0.3, -0.25) is 0 Å². The van der Waals surface area contributed by atoms with Crippen molar-refractivity contribution < 1.29 is 4.39 Å². The first-order valence-electron chi connectivity index (χ1n) is 6.38. The van der Waals surface area contributed by atoms with Crippen molar-refractivity contribution in [3.63, 3.8) is 0 Å². The number of nitrogens with one attached hydrogen (secondary N) is 1. The molecule has 4 heteroatoms. The molecule has 2 aromatic carbocycles. The van der Waals surface area contributed by atoms with Gasteiger partial charge in [-0.05, 0) is 61.3 Å². The molecule has 1 nitrogen and oxygen atoms in total. The molecular weight excluding hydrogens is 341 g/mol. The second-order valence-electron chi connectivity index (χ2n) is 4.79. The molecule has 0 spiro atoms. The zero-order valence-electron chi connectivity index (χ0n) is 11.4. The minimum absolute atomic E-state index is 0.0507. The van der Waals surface area contributed by atoms with Crippen molar-refractivity contribution >= 4 is 27.5 Å². The van der Waals surface area contributed by atoms with Crippen LogP contribution in [-0.2, 0) is 6.42 Å². The van der Waals surface area contributed by atoms with Crippen LogP contribution in [0.5, 0.6) is 0 Å². The smallest absolute Gasteiger partial charge is 0.126 e. The first kappa shape index (κ1) is 15.5. The molecule has 20 heavy (non-hydrogen) atoms. The highest BCUT2D eigenvalue weighted by Crippen LogP contribution is 2.25. The molecule has 1 N–H and O–H groups in total. The van der Waals surface area contributed by atoms with E-state index < -0.39 is 0 Å². The van der Waals surface area contributed by atoms with Crippen LogP contribution in [-0.4, -0.2) is 7.05 Å². The van der Waals surface area contributed by atoms with Gasteiger partial charge in [0.2, 0.25) is 0 Å². The third kappa shape index (κ3) is 3.60. The van der Waals surface area contributed by atoms with E-state index in [1.54, 1.807) is 12.1 Å². The minimum atomic E-state index is -0.219. The molecule has 2 rings (SSSR count). The van der Waals surface area contributed by atoms with Crippen molar-refractivity contribution in [2.45, 2.75) is 19.4 Å². The second-order valence-corrected chi connectivity index (χ2v) is 6.08. The van der Waals surface area contributed by atoms with Gasteiger partial charge in [-0.15, -0.1) is 0 Å². The summed E-state index contributed by atoms with van der Waals surface area (Å²) in [6.45, 7) is 2.04. The number of hydrogen-bond acceptors (Lipinski definition) is 1. The highest BCUT2D eigenvalue weighted by atomic mass is 79.9. The summed E-state index contributed by atoms with van der Waals surface area (Å²) >= 11 is 9.43. The molecule has 2 aromatic rings. The Labute approximate surface area is 132 Å². The zero-order valence-corrected chi connectivity index (χ0v) is 13.7. The summed E-state index contributed by atoms with van der Waals surface area (Å²) in [5.41, 5.74) is 2.92. The van der Waals surface area contributed by atoms with Crippen LogP contribution >= 0.6 is 27.5 Å². The quantitative estimate of drug-likeness (QED) is 0.808. The maximum atomic E-state index is 13.8. The van der Waals surface area contributed by atoms with Crippen LogP contribution in [0.15, 0.2) is 40.9 Å². The number of halogens is 3. The Bertz CT molecular complexity index is 615. The van der Waals surface area contributed by atoms with Gasteiger partial charge in [-0.25, -0.2) is 4.39 Å². The molecule has 106 valence electrons. The second kappa shape index (κ2) is 6.70. The maximum Gasteiger partial charge on any atom is 0.126 e. The topological polar surface area (TPSA) is 12.0 Å². The van der Waals surface area contributed by atoms with Crippen molar-refractivity contribution in [2.24, 2.45) is 0 Å². The number of benzene rings is 2. The molecule has 0 aliphatic rings. The largest absolute Gasteiger partial charge is 0.313 e. The van der Waals surface area contributed by atoms with Gasteiger partial charge in [0.1, 0.15) is 5.82 Å². The molecule has 0 aliphatic heterocycles. The van der Waals surface area contributed by atoms with E-state index in [9.17, 15) is 4.39 Å². The lowest BCUT2D eigenvalue weighted by molar-refractivity contribution is 0.554. The Morgan fingerprint density at radius 1 is 1.25 bits per heavy atom. The lowest BCUT2D eigenvalue weighted by Crippen LogP contribution is -2.19. The Morgan fingerprint density at radius 2 is 2.00 bits per heavy atom. The van der Waals surface area contributed by atoms with Crippen LogP contribution in [0.4, 0.5) is 4.39 Å². The lowest BCUT2D eigenvalue weighted by Gasteiger charge is -2.18. The lowest BCUT2D eigenvalue weighted by atomic mass is 9.97. The van der Waals surface area contributed by atoms with Gasteiger partial charge in [0, 0.05) is 15.5 Å². The Kier molecular flexibility index (Phi) is 5.19. The summed E-state index contributed by atoms with van der Waals surface area (Å²) in [7, 11) is 1.88. The van der Waals surface area contributed by atoms with Crippen LogP contribution in [0.3, 0.4) is 0 Å². The molecule has 0 fully saturated rings. The van der Waals surface area contributed by atoms with Crippen molar-refractivity contribution in [1.82, 2.24) is 5.32 Å². The van der Waals surface area contributed by atoms with E-state index in [0.717, 1.165) is 15.6 Å². The predicted molar refractivity (Wildman–Crippen MR) is 85.8 cm³/mol. The van der Waals surface area contributed by atoms with Gasteiger partial charge >= 0.3 is 0 Å². The van der Waals surface area contributed by atoms with E-state index in [2.05, 4.69) is 27.3 Å². The highest BCUT2D eigenvalue weighted by molar-refractivity contribution is 9.10. The summed E-state index contributed by atoms with van der Waals surface area (Å²) in [5, 5.41) is 3.79. The van der Waals surface area contributed by atoms with Gasteiger partial charge in [-0.2, -0.15) is 0 Å². The fourth-order valence-corrected chi connectivity index (χ4v) is 2.63. The maximum absolute atomic E-state index is 13.8. The summed E-state index contributed by atoms with van der Waals surface area (Å²) in [4.78, 5) is 0. The van der Waals surface area contributed by atoms with Crippen LogP contribution in [0.1, 0.15) is 22.7 Å². The first-order valence-corrected chi connectivity index (χ1v) is 7.55. The van der Waals surface area contributed by atoms with E-state index in [1.165, 1.54) is 6.07 Å². The van der Waals surface area contributed by atoms with Gasteiger partial charge in [-0.1, -0.05) is 39.7 Å². The van der Waals surface area contributed by atoms with Crippen LogP contribution in [0.2, 0.25) is 5.02 Å². The normalized spacial score (nSPS) is 12.4. The third-order valence-electron chi connectivity index (χ3n) is 3.36. The molecule has 0 aromatic heterocycles. The first-order chi connectivity index (χ1) is 9.51. The van der Waals surface area contributed by atoms with Gasteiger partial charge < -0.3 is 5.32 Å². The van der Waals surface area contributed by atoms with E-state index in [1.807, 2.05) is 26.1 Å². The SMILES string of the molecule is CNC(Cc1cc(Cl)ccc1F)c1ccc(Br)c(C)c1. The monoisotopic (exact) mass is 355 g/mol. The summed E-state index contributed by atoms with van der Waals surface area (Å²) in [6.07, 6.45) is 0.559. The summed E-state index contributed by atoms with van der Waals surface area (Å²) in [5.74, 6) is -0.219. The van der Waals surface area contributed by atoms with E-state index in [4.69, 9.17) is 11.6 Å². The molecule has 0 bridgehead atoms. The minimum Gasteiger partial charge on any atom is -0.313 e. The van der Waals surface area contributed by atoms with Crippen molar-refractivity contribution in [3.05, 3.63) is 68.4 Å². The number of aryl methyl sites for hydroxylation is 1. The fourth-order valence-electron chi connectivity index (χ4n) is 2.19. The zero-order chi connectivity index (χ0) is 14.7. The number of rotatable bonds is 4. The molecule has 0 aliphatic carbocycles. The Morgan fingerprint density at radius 3 is 2.65 bits per heavy atom. The fraction of sp³-hybridized carbons (Fsp3) is 0.250. The third-order valence-corrected chi connectivity index (χ3v) is 4.49. The van der Waals surface area contributed by atoms with Crippen molar-refractivity contribution in [3.8, 4) is 0 Å². The van der Waals surface area contributed by atoms with E-state index >= 15 is 0 Å². The van der Waals surface area contributed by atoms with E-state index in [-0.39, 0.29) is 11.9 Å². The van der Waals surface area contributed by atoms with Crippen molar-refractivity contribution in [1.29, 1.82) is 0 Å². The highest BCUT2D eigenvalue weighted by Gasteiger charge is 2.14. The summed E-state index contributed by atoms with van der Waals surface area (Å²) < 4.78 is 14.9. The Hall–Kier alpha value is -0.900. The molecular formula is C16H16BrClFN. The van der Waals surface area contributed by atoms with Crippen LogP contribution < -0.4 is 5.32 Å². The average Bonchev–Trinajstić information content (AvgIpc) is 2.43. The molecule has 0 saturated heterocycles. The number of hydrogen-bond donors (Lipinski definition) is 1. The van der Waals surface area contributed by atoms with Crippen LogP contribution in [0, 0.1) is 12.7 Å². The van der Waals surface area contributed by atoms with Gasteiger partial charge in [0.15, 0.2) is 0 Å². The molecule has 1 atom stereocenters. The number of likely N-dealkylation sites (N-methyl/N-ethyl adjacent to an activating group) is 1. The van der Waals surface area contributed by atoms with E-state index in [0.29, 0.717) is 17.0 Å². The molecule has 1 unspecified atom stereocenters. The molecule has 0 saturated carbocycles. The molecule has 0 radical (unpaired) electrons. The van der Waals surface area contributed by atoms with Crippen molar-refractivity contribution in [2.75, 3.05) is 7.05 Å². The molecule has 0 amide bonds. The van der Waals surface area contributed by atoms with Crippen LogP contribution in [0.25, 0.3) is 0 Å². The average molecular weight is 357 g/mol. The summed E-state index contributed by atoms with van der Waals surface area (Å²) in [6, 6.07) is 10.9. The van der Waals surface area contributed by atoms with Gasteiger partial charge in [0.05, 0.1) is 0 Å². The molecule has 0 heterocycles. The van der Waals surface area contributed by atoms with Gasteiger partial charge in [0.25, 0.3) is 0 Å². The predicted octanol–water partition coefficient (Wildman–Crippen LogP) is 5.05.